The van der Waals surface area contributed by atoms with E-state index >= 15 is 0 Å². The van der Waals surface area contributed by atoms with E-state index in [1.165, 1.54) is 44.9 Å². The lowest BCUT2D eigenvalue weighted by molar-refractivity contribution is 0.166. The molecule has 1 unspecified atom stereocenters. The summed E-state index contributed by atoms with van der Waals surface area (Å²) >= 11 is 0. The summed E-state index contributed by atoms with van der Waals surface area (Å²) in [7, 11) is 0. The van der Waals surface area contributed by atoms with Crippen LogP contribution in [0.5, 0.6) is 5.75 Å². The third-order valence-corrected chi connectivity index (χ3v) is 6.35. The lowest BCUT2D eigenvalue weighted by Gasteiger charge is -2.30. The van der Waals surface area contributed by atoms with Crippen LogP contribution in [0, 0.1) is 34.8 Å². The van der Waals surface area contributed by atoms with E-state index in [1.54, 1.807) is 6.07 Å². The third kappa shape index (κ3) is 6.05. The van der Waals surface area contributed by atoms with Gasteiger partial charge < -0.3 is 4.74 Å². The monoisotopic (exact) mass is 411 g/mol. The Balaban J connectivity index is 1.64. The lowest BCUT2D eigenvalue weighted by Crippen LogP contribution is -2.17. The van der Waals surface area contributed by atoms with Gasteiger partial charge in [-0.15, -0.1) is 0 Å². The summed E-state index contributed by atoms with van der Waals surface area (Å²) in [5, 5.41) is 8.87. The van der Waals surface area contributed by atoms with Gasteiger partial charge in [-0.1, -0.05) is 82.2 Å². The predicted octanol–water partition coefficient (Wildman–Crippen LogP) is 7.73. The molecule has 160 valence electrons. The van der Waals surface area contributed by atoms with E-state index in [-0.39, 0.29) is 11.9 Å². The van der Waals surface area contributed by atoms with Gasteiger partial charge >= 0.3 is 0 Å². The molecule has 1 saturated carbocycles. The van der Waals surface area contributed by atoms with Crippen LogP contribution in [-0.2, 0) is 0 Å². The van der Waals surface area contributed by atoms with Gasteiger partial charge in [0.05, 0.1) is 0 Å². The molecule has 30 heavy (non-hydrogen) atoms. The molecule has 3 rings (SSSR count). The van der Waals surface area contributed by atoms with Crippen LogP contribution >= 0.6 is 0 Å². The zero-order chi connectivity index (χ0) is 21.3. The topological polar surface area (TPSA) is 33.0 Å². The van der Waals surface area contributed by atoms with Crippen LogP contribution in [0.4, 0.5) is 8.78 Å². The van der Waals surface area contributed by atoms with Crippen LogP contribution in [0.15, 0.2) is 42.5 Å². The number of rotatable bonds is 9. The molecule has 0 radical (unpaired) electrons. The zero-order valence-electron chi connectivity index (χ0n) is 17.7. The van der Waals surface area contributed by atoms with Crippen LogP contribution in [0.25, 0.3) is 0 Å². The summed E-state index contributed by atoms with van der Waals surface area (Å²) in [5.41, 5.74) is 0.428. The maximum absolute atomic E-state index is 14.0. The molecule has 1 fully saturated rings. The second-order valence-electron chi connectivity index (χ2n) is 8.50. The molecule has 1 atom stereocenters. The molecule has 0 aliphatic heterocycles. The first-order chi connectivity index (χ1) is 14.6. The zero-order valence-corrected chi connectivity index (χ0v) is 17.7. The molecular weight excluding hydrogens is 380 g/mol. The fraction of sp³-hybridized carbons (Fsp3) is 0.500. The van der Waals surface area contributed by atoms with Crippen molar-refractivity contribution in [3.63, 3.8) is 0 Å². The van der Waals surface area contributed by atoms with Crippen molar-refractivity contribution in [2.75, 3.05) is 0 Å². The average Bonchev–Trinajstić information content (AvgIpc) is 2.76. The van der Waals surface area contributed by atoms with Gasteiger partial charge in [0.1, 0.15) is 35.1 Å². The molecule has 2 aromatic carbocycles. The molecule has 0 amide bonds. The van der Waals surface area contributed by atoms with Gasteiger partial charge in [0, 0.05) is 12.1 Å². The van der Waals surface area contributed by atoms with Crippen molar-refractivity contribution in [2.24, 2.45) is 11.8 Å². The van der Waals surface area contributed by atoms with Gasteiger partial charge in [0.2, 0.25) is 0 Å². The highest BCUT2D eigenvalue weighted by molar-refractivity contribution is 5.38. The second-order valence-corrected chi connectivity index (χ2v) is 8.50. The Morgan fingerprint density at radius 1 is 1.00 bits per heavy atom. The predicted molar refractivity (Wildman–Crippen MR) is 115 cm³/mol. The standard InChI is InChI=1S/C26H31F2NO/c1-2-3-7-19-10-12-20(13-11-19)14-15-26(21-8-5-4-6-9-21)30-22-16-24(27)23(18-29)25(28)17-22/h4-6,8-9,16-17,19-20,26H,2-3,7,10-15H2,1H3. The average molecular weight is 412 g/mol. The van der Waals surface area contributed by atoms with E-state index in [0.29, 0.717) is 5.92 Å². The van der Waals surface area contributed by atoms with Crippen LogP contribution in [-0.4, -0.2) is 0 Å². The molecule has 2 nitrogen and oxygen atoms in total. The van der Waals surface area contributed by atoms with Crippen molar-refractivity contribution in [3.8, 4) is 11.8 Å². The summed E-state index contributed by atoms with van der Waals surface area (Å²) in [6, 6.07) is 13.6. The molecule has 1 aliphatic rings. The number of nitriles is 1. The number of ether oxygens (including phenoxy) is 1. The minimum absolute atomic E-state index is 0.126. The van der Waals surface area contributed by atoms with Crippen molar-refractivity contribution in [3.05, 3.63) is 65.2 Å². The number of hydrogen-bond acceptors (Lipinski definition) is 2. The van der Waals surface area contributed by atoms with Gasteiger partial charge in [0.15, 0.2) is 0 Å². The highest BCUT2D eigenvalue weighted by Crippen LogP contribution is 2.36. The minimum Gasteiger partial charge on any atom is -0.486 e. The van der Waals surface area contributed by atoms with Crippen LogP contribution < -0.4 is 4.74 Å². The summed E-state index contributed by atoms with van der Waals surface area (Å²) in [6.07, 6.45) is 10.7. The number of halogens is 2. The molecule has 0 saturated heterocycles. The van der Waals surface area contributed by atoms with Gasteiger partial charge in [-0.2, -0.15) is 5.26 Å². The molecule has 2 aromatic rings. The van der Waals surface area contributed by atoms with Gasteiger partial charge in [-0.25, -0.2) is 8.78 Å². The Kier molecular flexibility index (Phi) is 8.25. The highest BCUT2D eigenvalue weighted by atomic mass is 19.1. The molecule has 1 aliphatic carbocycles. The molecule has 0 heterocycles. The fourth-order valence-corrected chi connectivity index (χ4v) is 4.54. The first-order valence-corrected chi connectivity index (χ1v) is 11.2. The van der Waals surface area contributed by atoms with Crippen molar-refractivity contribution in [1.29, 1.82) is 5.26 Å². The molecule has 4 heteroatoms. The van der Waals surface area contributed by atoms with Crippen molar-refractivity contribution in [2.45, 2.75) is 70.8 Å². The molecule has 0 N–H and O–H groups in total. The minimum atomic E-state index is -0.885. The SMILES string of the molecule is CCCCC1CCC(CCC(Oc2cc(F)c(C#N)c(F)c2)c2ccccc2)CC1. The number of unbranched alkanes of at least 4 members (excludes halogenated alkanes) is 1. The smallest absolute Gasteiger partial charge is 0.147 e. The number of benzene rings is 2. The van der Waals surface area contributed by atoms with E-state index < -0.39 is 17.2 Å². The summed E-state index contributed by atoms with van der Waals surface area (Å²) in [4.78, 5) is 0. The van der Waals surface area contributed by atoms with Crippen LogP contribution in [0.2, 0.25) is 0 Å². The highest BCUT2D eigenvalue weighted by Gasteiger charge is 2.23. The summed E-state index contributed by atoms with van der Waals surface area (Å²) < 4.78 is 34.1. The van der Waals surface area contributed by atoms with Crippen molar-refractivity contribution >= 4 is 0 Å². The molecular formula is C26H31F2NO. The third-order valence-electron chi connectivity index (χ3n) is 6.35. The van der Waals surface area contributed by atoms with Crippen LogP contribution in [0.3, 0.4) is 0 Å². The Morgan fingerprint density at radius 2 is 1.60 bits per heavy atom. The molecule has 0 spiro atoms. The van der Waals surface area contributed by atoms with E-state index in [0.717, 1.165) is 36.5 Å². The van der Waals surface area contributed by atoms with Gasteiger partial charge in [0.25, 0.3) is 0 Å². The van der Waals surface area contributed by atoms with E-state index in [2.05, 4.69) is 6.92 Å². The maximum Gasteiger partial charge on any atom is 0.147 e. The Labute approximate surface area is 178 Å². The quantitative estimate of drug-likeness (QED) is 0.423. The maximum atomic E-state index is 14.0. The normalized spacial score (nSPS) is 19.8. The van der Waals surface area contributed by atoms with E-state index in [4.69, 9.17) is 10.00 Å². The van der Waals surface area contributed by atoms with Crippen LogP contribution in [0.1, 0.15) is 81.9 Å². The molecule has 0 bridgehead atoms. The summed E-state index contributed by atoms with van der Waals surface area (Å²) in [6.45, 7) is 2.25. The number of nitrogens with zero attached hydrogens (tertiary/aromatic N) is 1. The van der Waals surface area contributed by atoms with E-state index in [1.807, 2.05) is 30.3 Å². The van der Waals surface area contributed by atoms with Crippen molar-refractivity contribution in [1.82, 2.24) is 0 Å². The first kappa shape index (κ1) is 22.3. The second kappa shape index (κ2) is 11.1. The Bertz CT molecular complexity index is 815. The van der Waals surface area contributed by atoms with E-state index in [9.17, 15) is 8.78 Å². The largest absolute Gasteiger partial charge is 0.486 e. The van der Waals surface area contributed by atoms with Gasteiger partial charge in [-0.3, -0.25) is 0 Å². The summed E-state index contributed by atoms with van der Waals surface area (Å²) in [5.74, 6) is -0.0744. The van der Waals surface area contributed by atoms with Crippen molar-refractivity contribution < 1.29 is 13.5 Å². The lowest BCUT2D eigenvalue weighted by atomic mass is 9.77. The fourth-order valence-electron chi connectivity index (χ4n) is 4.54. The number of hydrogen-bond donors (Lipinski definition) is 0. The van der Waals surface area contributed by atoms with Gasteiger partial charge in [-0.05, 0) is 30.2 Å². The molecule has 0 aromatic heterocycles. The Morgan fingerprint density at radius 3 is 2.17 bits per heavy atom. The first-order valence-electron chi connectivity index (χ1n) is 11.2. The Hall–Kier alpha value is -2.41.